The standard InChI is InChI=1S/C31H43N3O5/c1-18(2)24(33-30(38)39-31(6,7)8)29(37)34(22-15-11-16-22)26(23-17-10-14-21(5)27(23)35)28(36)32-25-19(3)12-9-13-20(25)4/h9-10,12-14,17-18,22,24,26,35H,11,15-16H2,1-8H3,(H,32,36)(H,33,38). The van der Waals surface area contributed by atoms with E-state index in [2.05, 4.69) is 10.6 Å². The molecular weight excluding hydrogens is 494 g/mol. The highest BCUT2D eigenvalue weighted by Crippen LogP contribution is 2.39. The quantitative estimate of drug-likeness (QED) is 0.387. The molecule has 212 valence electrons. The van der Waals surface area contributed by atoms with Crippen molar-refractivity contribution >= 4 is 23.6 Å². The van der Waals surface area contributed by atoms with E-state index in [1.165, 1.54) is 0 Å². The van der Waals surface area contributed by atoms with Gasteiger partial charge in [0.25, 0.3) is 5.91 Å². The van der Waals surface area contributed by atoms with Gasteiger partial charge in [0.1, 0.15) is 23.4 Å². The number of phenols is 1. The summed E-state index contributed by atoms with van der Waals surface area (Å²) in [7, 11) is 0. The number of aryl methyl sites for hydroxylation is 3. The molecule has 3 rings (SSSR count). The Balaban J connectivity index is 2.09. The molecule has 0 saturated heterocycles. The van der Waals surface area contributed by atoms with E-state index in [-0.39, 0.29) is 23.6 Å². The van der Waals surface area contributed by atoms with E-state index in [1.807, 2.05) is 45.9 Å². The van der Waals surface area contributed by atoms with Gasteiger partial charge in [0.2, 0.25) is 5.91 Å². The largest absolute Gasteiger partial charge is 0.507 e. The Morgan fingerprint density at radius 3 is 2.05 bits per heavy atom. The molecule has 0 aromatic heterocycles. The molecule has 3 N–H and O–H groups in total. The van der Waals surface area contributed by atoms with Crippen LogP contribution in [0.15, 0.2) is 36.4 Å². The normalized spacial score (nSPS) is 15.2. The van der Waals surface area contributed by atoms with Crippen molar-refractivity contribution in [2.45, 2.75) is 98.4 Å². The van der Waals surface area contributed by atoms with E-state index < -0.39 is 29.7 Å². The van der Waals surface area contributed by atoms with Crippen LogP contribution in [0.2, 0.25) is 0 Å². The van der Waals surface area contributed by atoms with Crippen LogP contribution < -0.4 is 10.6 Å². The Bertz CT molecular complexity index is 1190. The molecular formula is C31H43N3O5. The van der Waals surface area contributed by atoms with Gasteiger partial charge in [-0.05, 0) is 83.4 Å². The molecule has 1 fully saturated rings. The second kappa shape index (κ2) is 12.1. The summed E-state index contributed by atoms with van der Waals surface area (Å²) < 4.78 is 5.44. The maximum Gasteiger partial charge on any atom is 0.408 e. The lowest BCUT2D eigenvalue weighted by molar-refractivity contribution is -0.146. The summed E-state index contributed by atoms with van der Waals surface area (Å²) in [4.78, 5) is 42.8. The second-order valence-corrected chi connectivity index (χ2v) is 11.9. The average molecular weight is 538 g/mol. The smallest absolute Gasteiger partial charge is 0.408 e. The fourth-order valence-electron chi connectivity index (χ4n) is 4.81. The second-order valence-electron chi connectivity index (χ2n) is 11.9. The maximum atomic E-state index is 14.3. The molecule has 0 spiro atoms. The third-order valence-corrected chi connectivity index (χ3v) is 7.15. The number of aromatic hydroxyl groups is 1. The Hall–Kier alpha value is -3.55. The van der Waals surface area contributed by atoms with Gasteiger partial charge in [-0.1, -0.05) is 50.2 Å². The first-order valence-corrected chi connectivity index (χ1v) is 13.7. The number of hydrogen-bond donors (Lipinski definition) is 3. The predicted octanol–water partition coefficient (Wildman–Crippen LogP) is 5.93. The molecule has 2 unspecified atom stereocenters. The summed E-state index contributed by atoms with van der Waals surface area (Å²) in [5.74, 6) is -1.12. The van der Waals surface area contributed by atoms with E-state index in [4.69, 9.17) is 4.74 Å². The van der Waals surface area contributed by atoms with Crippen molar-refractivity contribution in [3.8, 4) is 5.75 Å². The Morgan fingerprint density at radius 2 is 1.54 bits per heavy atom. The maximum absolute atomic E-state index is 14.3. The summed E-state index contributed by atoms with van der Waals surface area (Å²) in [6, 6.07) is 8.71. The molecule has 0 aliphatic heterocycles. The molecule has 2 aromatic rings. The van der Waals surface area contributed by atoms with E-state index in [9.17, 15) is 19.5 Å². The molecule has 8 nitrogen and oxygen atoms in total. The van der Waals surface area contributed by atoms with Crippen LogP contribution in [0.5, 0.6) is 5.75 Å². The molecule has 3 amide bonds. The van der Waals surface area contributed by atoms with E-state index in [0.717, 1.165) is 30.4 Å². The number of carbonyl (C=O) groups is 3. The third-order valence-electron chi connectivity index (χ3n) is 7.15. The first kappa shape index (κ1) is 30.0. The van der Waals surface area contributed by atoms with Crippen LogP contribution >= 0.6 is 0 Å². The number of ether oxygens (including phenoxy) is 1. The van der Waals surface area contributed by atoms with Crippen molar-refractivity contribution in [1.82, 2.24) is 10.2 Å². The monoisotopic (exact) mass is 537 g/mol. The fourth-order valence-corrected chi connectivity index (χ4v) is 4.81. The highest BCUT2D eigenvalue weighted by atomic mass is 16.6. The van der Waals surface area contributed by atoms with Crippen LogP contribution in [0.25, 0.3) is 0 Å². The molecule has 0 radical (unpaired) electrons. The minimum absolute atomic E-state index is 0.0301. The summed E-state index contributed by atoms with van der Waals surface area (Å²) in [5.41, 5.74) is 2.67. The lowest BCUT2D eigenvalue weighted by Gasteiger charge is -2.44. The predicted molar refractivity (Wildman–Crippen MR) is 153 cm³/mol. The van der Waals surface area contributed by atoms with Gasteiger partial charge >= 0.3 is 6.09 Å². The number of nitrogens with zero attached hydrogens (tertiary/aromatic N) is 1. The zero-order valence-electron chi connectivity index (χ0n) is 24.4. The minimum Gasteiger partial charge on any atom is -0.507 e. The number of carbonyl (C=O) groups excluding carboxylic acids is 3. The van der Waals surface area contributed by atoms with Gasteiger partial charge in [-0.2, -0.15) is 0 Å². The molecule has 1 aliphatic carbocycles. The SMILES string of the molecule is Cc1cccc(C(C(=O)Nc2c(C)cccc2C)N(C(=O)C(NC(=O)OC(C)(C)C)C(C)C)C2CCC2)c1O. The van der Waals surface area contributed by atoms with Crippen LogP contribution in [-0.4, -0.2) is 45.6 Å². The van der Waals surface area contributed by atoms with Crippen molar-refractivity contribution in [2.24, 2.45) is 5.92 Å². The first-order chi connectivity index (χ1) is 18.2. The lowest BCUT2D eigenvalue weighted by atomic mass is 9.86. The number of rotatable bonds is 8. The molecule has 0 heterocycles. The van der Waals surface area contributed by atoms with E-state index in [1.54, 1.807) is 50.8 Å². The Labute approximate surface area is 232 Å². The summed E-state index contributed by atoms with van der Waals surface area (Å²) in [6.07, 6.45) is 1.68. The number of nitrogens with one attached hydrogen (secondary N) is 2. The molecule has 2 atom stereocenters. The van der Waals surface area contributed by atoms with Gasteiger partial charge in [0.15, 0.2) is 0 Å². The number of hydrogen-bond acceptors (Lipinski definition) is 5. The Morgan fingerprint density at radius 1 is 0.974 bits per heavy atom. The van der Waals surface area contributed by atoms with Crippen molar-refractivity contribution < 1.29 is 24.2 Å². The average Bonchev–Trinajstić information content (AvgIpc) is 2.79. The van der Waals surface area contributed by atoms with Crippen molar-refractivity contribution in [3.05, 3.63) is 58.7 Å². The molecule has 0 bridgehead atoms. The van der Waals surface area contributed by atoms with Gasteiger partial charge in [0.05, 0.1) is 0 Å². The van der Waals surface area contributed by atoms with Crippen molar-refractivity contribution in [2.75, 3.05) is 5.32 Å². The van der Waals surface area contributed by atoms with Gasteiger partial charge < -0.3 is 25.4 Å². The van der Waals surface area contributed by atoms with E-state index >= 15 is 0 Å². The minimum atomic E-state index is -1.11. The third kappa shape index (κ3) is 7.11. The number of phenolic OH excluding ortho intramolecular Hbond substituents is 1. The number of anilines is 1. The van der Waals surface area contributed by atoms with E-state index in [0.29, 0.717) is 16.8 Å². The topological polar surface area (TPSA) is 108 Å². The number of alkyl carbamates (subject to hydrolysis) is 1. The number of benzene rings is 2. The molecule has 2 aromatic carbocycles. The van der Waals surface area contributed by atoms with Crippen LogP contribution in [0, 0.1) is 26.7 Å². The van der Waals surface area contributed by atoms with Crippen LogP contribution in [0.1, 0.15) is 82.2 Å². The van der Waals surface area contributed by atoms with Crippen LogP contribution in [-0.2, 0) is 14.3 Å². The summed E-state index contributed by atoms with van der Waals surface area (Å²) >= 11 is 0. The number of para-hydroxylation sites is 2. The first-order valence-electron chi connectivity index (χ1n) is 13.7. The lowest BCUT2D eigenvalue weighted by Crippen LogP contribution is -2.58. The molecule has 1 saturated carbocycles. The van der Waals surface area contributed by atoms with Crippen LogP contribution in [0.3, 0.4) is 0 Å². The molecule has 8 heteroatoms. The summed E-state index contributed by atoms with van der Waals surface area (Å²) in [5, 5.41) is 16.9. The Kier molecular flexibility index (Phi) is 9.30. The van der Waals surface area contributed by atoms with Crippen molar-refractivity contribution in [1.29, 1.82) is 0 Å². The zero-order valence-corrected chi connectivity index (χ0v) is 24.4. The summed E-state index contributed by atoms with van der Waals surface area (Å²) in [6.45, 7) is 14.5. The van der Waals surface area contributed by atoms with Crippen molar-refractivity contribution in [3.63, 3.8) is 0 Å². The van der Waals surface area contributed by atoms with Gasteiger partial charge in [-0.25, -0.2) is 4.79 Å². The van der Waals surface area contributed by atoms with Gasteiger partial charge in [0, 0.05) is 17.3 Å². The number of amides is 3. The fraction of sp³-hybridized carbons (Fsp3) is 0.516. The zero-order chi connectivity index (χ0) is 29.1. The molecule has 39 heavy (non-hydrogen) atoms. The van der Waals surface area contributed by atoms with Crippen LogP contribution in [0.4, 0.5) is 10.5 Å². The van der Waals surface area contributed by atoms with Gasteiger partial charge in [-0.15, -0.1) is 0 Å². The molecule has 1 aliphatic rings. The highest BCUT2D eigenvalue weighted by Gasteiger charge is 2.43. The highest BCUT2D eigenvalue weighted by molar-refractivity contribution is 6.00. The van der Waals surface area contributed by atoms with Gasteiger partial charge in [-0.3, -0.25) is 9.59 Å².